The van der Waals surface area contributed by atoms with Crippen LogP contribution in [-0.2, 0) is 11.3 Å². The molecule has 0 aliphatic heterocycles. The van der Waals surface area contributed by atoms with Crippen LogP contribution >= 0.6 is 0 Å². The van der Waals surface area contributed by atoms with E-state index in [4.69, 9.17) is 0 Å². The maximum absolute atomic E-state index is 12.1. The summed E-state index contributed by atoms with van der Waals surface area (Å²) in [7, 11) is 0. The molecule has 7 nitrogen and oxygen atoms in total. The molecule has 1 aromatic heterocycles. The molecule has 2 rings (SSSR count). The fourth-order valence-electron chi connectivity index (χ4n) is 1.89. The normalized spacial score (nSPS) is 10.5. The Balaban J connectivity index is 2.07. The van der Waals surface area contributed by atoms with Gasteiger partial charge in [-0.1, -0.05) is 12.1 Å². The molecule has 0 aliphatic carbocycles. The summed E-state index contributed by atoms with van der Waals surface area (Å²) in [4.78, 5) is 37.3. The highest BCUT2D eigenvalue weighted by Crippen LogP contribution is 2.13. The lowest BCUT2D eigenvalue weighted by Crippen LogP contribution is -2.20. The van der Waals surface area contributed by atoms with Crippen molar-refractivity contribution in [2.45, 2.75) is 13.5 Å². The third kappa shape index (κ3) is 4.84. The minimum Gasteiger partial charge on any atom is -0.351 e. The quantitative estimate of drug-likeness (QED) is 0.380. The van der Waals surface area contributed by atoms with Crippen LogP contribution in [-0.4, -0.2) is 21.6 Å². The molecule has 0 unspecified atom stereocenters. The first-order chi connectivity index (χ1) is 11.5. The van der Waals surface area contributed by atoms with Crippen molar-refractivity contribution in [1.82, 2.24) is 10.3 Å². The van der Waals surface area contributed by atoms with E-state index in [9.17, 15) is 19.7 Å². The predicted octanol–water partition coefficient (Wildman–Crippen LogP) is 2.52. The van der Waals surface area contributed by atoms with Gasteiger partial charge in [0.15, 0.2) is 0 Å². The van der Waals surface area contributed by atoms with Crippen molar-refractivity contribution < 1.29 is 14.5 Å². The lowest BCUT2D eigenvalue weighted by atomic mass is 10.1. The van der Waals surface area contributed by atoms with Crippen LogP contribution in [0.4, 0.5) is 5.69 Å². The van der Waals surface area contributed by atoms with E-state index in [0.29, 0.717) is 11.3 Å². The molecule has 0 aliphatic rings. The Labute approximate surface area is 138 Å². The average molecular weight is 325 g/mol. The smallest absolute Gasteiger partial charge is 0.269 e. The maximum atomic E-state index is 12.1. The van der Waals surface area contributed by atoms with E-state index in [1.165, 1.54) is 25.1 Å². The Morgan fingerprint density at radius 2 is 1.92 bits per heavy atom. The molecule has 122 valence electrons. The lowest BCUT2D eigenvalue weighted by molar-refractivity contribution is -0.384. The molecule has 0 spiro atoms. The molecule has 1 aromatic carbocycles. The number of nitro groups is 1. The number of carbonyl (C=O) groups is 2. The number of hydrogen-bond acceptors (Lipinski definition) is 5. The predicted molar refractivity (Wildman–Crippen MR) is 88.2 cm³/mol. The Hall–Kier alpha value is -3.35. The summed E-state index contributed by atoms with van der Waals surface area (Å²) < 4.78 is 0. The minimum absolute atomic E-state index is 0.00850. The molecule has 1 amide bonds. The highest BCUT2D eigenvalue weighted by Gasteiger charge is 2.06. The number of amides is 1. The first-order valence-electron chi connectivity index (χ1n) is 7.13. The summed E-state index contributed by atoms with van der Waals surface area (Å²) in [6, 6.07) is 10.8. The highest BCUT2D eigenvalue weighted by molar-refractivity contribution is 6.05. The summed E-state index contributed by atoms with van der Waals surface area (Å²) >= 11 is 0. The van der Waals surface area contributed by atoms with Gasteiger partial charge < -0.3 is 5.32 Å². The minimum atomic E-state index is -0.483. The first kappa shape index (κ1) is 17.0. The largest absolute Gasteiger partial charge is 0.351 e. The van der Waals surface area contributed by atoms with Gasteiger partial charge in [0.1, 0.15) is 5.69 Å². The topological polar surface area (TPSA) is 102 Å². The van der Waals surface area contributed by atoms with E-state index >= 15 is 0 Å². The van der Waals surface area contributed by atoms with Gasteiger partial charge in [0.25, 0.3) is 5.69 Å². The molecule has 0 fully saturated rings. The number of ketones is 1. The van der Waals surface area contributed by atoms with E-state index in [2.05, 4.69) is 10.3 Å². The van der Waals surface area contributed by atoms with E-state index < -0.39 is 4.92 Å². The zero-order valence-corrected chi connectivity index (χ0v) is 12.9. The first-order valence-corrected chi connectivity index (χ1v) is 7.13. The molecule has 1 N–H and O–H groups in total. The molecule has 24 heavy (non-hydrogen) atoms. The van der Waals surface area contributed by atoms with Gasteiger partial charge in [0.05, 0.1) is 17.2 Å². The van der Waals surface area contributed by atoms with Crippen LogP contribution in [0, 0.1) is 10.1 Å². The number of non-ortho nitro benzene ring substituents is 1. The van der Waals surface area contributed by atoms with E-state index in [0.717, 1.165) is 0 Å². The second kappa shape index (κ2) is 7.77. The molecule has 0 bridgehead atoms. The summed E-state index contributed by atoms with van der Waals surface area (Å²) in [6.07, 6.45) is 2.92. The van der Waals surface area contributed by atoms with Crippen LogP contribution in [0.3, 0.4) is 0 Å². The Morgan fingerprint density at radius 3 is 2.54 bits per heavy atom. The van der Waals surface area contributed by atoms with Gasteiger partial charge in [-0.2, -0.15) is 0 Å². The average Bonchev–Trinajstić information content (AvgIpc) is 2.58. The lowest BCUT2D eigenvalue weighted by Gasteiger charge is -2.03. The van der Waals surface area contributed by atoms with Crippen molar-refractivity contribution in [2.75, 3.05) is 0 Å². The van der Waals surface area contributed by atoms with Gasteiger partial charge in [-0.05, 0) is 35.9 Å². The number of hydrogen-bond donors (Lipinski definition) is 1. The molecule has 0 atom stereocenters. The van der Waals surface area contributed by atoms with Gasteiger partial charge in [-0.15, -0.1) is 0 Å². The third-order valence-electron chi connectivity index (χ3n) is 3.11. The van der Waals surface area contributed by atoms with Gasteiger partial charge in [-0.3, -0.25) is 19.7 Å². The number of nitrogens with one attached hydrogen (secondary N) is 1. The van der Waals surface area contributed by atoms with E-state index in [1.54, 1.807) is 36.4 Å². The summed E-state index contributed by atoms with van der Waals surface area (Å²) in [5, 5.41) is 13.2. The summed E-state index contributed by atoms with van der Waals surface area (Å²) in [5.41, 5.74) is 1.50. The van der Waals surface area contributed by atoms with E-state index in [1.807, 2.05) is 0 Å². The maximum Gasteiger partial charge on any atom is 0.269 e. The van der Waals surface area contributed by atoms with Gasteiger partial charge in [0, 0.05) is 19.1 Å². The molecule has 0 saturated carbocycles. The van der Waals surface area contributed by atoms with Crippen molar-refractivity contribution in [3.63, 3.8) is 0 Å². The van der Waals surface area contributed by atoms with Crippen LogP contribution in [0.15, 0.2) is 48.5 Å². The number of aromatic nitrogens is 1. The van der Waals surface area contributed by atoms with Crippen molar-refractivity contribution in [2.24, 2.45) is 0 Å². The number of rotatable bonds is 6. The number of nitro benzene ring substituents is 1. The van der Waals surface area contributed by atoms with Crippen molar-refractivity contribution in [3.8, 4) is 0 Å². The zero-order chi connectivity index (χ0) is 17.5. The molecule has 1 heterocycles. The standard InChI is InChI=1S/C17H15N3O4/c1-12(21)18-11-14-3-2-4-16(19-14)17(22)10-7-13-5-8-15(9-6-13)20(23)24/h2-10H,11H2,1H3,(H,18,21)/b10-7+. The van der Waals surface area contributed by atoms with Crippen LogP contribution in [0.1, 0.15) is 28.7 Å². The van der Waals surface area contributed by atoms with Crippen LogP contribution in [0.5, 0.6) is 0 Å². The number of nitrogens with zero attached hydrogens (tertiary/aromatic N) is 2. The third-order valence-corrected chi connectivity index (χ3v) is 3.11. The molecule has 2 aromatic rings. The Kier molecular flexibility index (Phi) is 5.51. The fourth-order valence-corrected chi connectivity index (χ4v) is 1.89. The molecule has 0 saturated heterocycles. The van der Waals surface area contributed by atoms with Crippen molar-refractivity contribution >= 4 is 23.5 Å². The van der Waals surface area contributed by atoms with Gasteiger partial charge >= 0.3 is 0 Å². The summed E-state index contributed by atoms with van der Waals surface area (Å²) in [6.45, 7) is 1.66. The van der Waals surface area contributed by atoms with E-state index in [-0.39, 0.29) is 29.6 Å². The SMILES string of the molecule is CC(=O)NCc1cccc(C(=O)/C=C/c2ccc([N+](=O)[O-])cc2)n1. The van der Waals surface area contributed by atoms with Crippen LogP contribution < -0.4 is 5.32 Å². The van der Waals surface area contributed by atoms with Gasteiger partial charge in [-0.25, -0.2) is 4.98 Å². The van der Waals surface area contributed by atoms with Crippen molar-refractivity contribution in [1.29, 1.82) is 0 Å². The molecular weight excluding hydrogens is 310 g/mol. The molecule has 7 heteroatoms. The second-order valence-electron chi connectivity index (χ2n) is 4.97. The molecule has 0 radical (unpaired) electrons. The fraction of sp³-hybridized carbons (Fsp3) is 0.118. The van der Waals surface area contributed by atoms with Crippen LogP contribution in [0.2, 0.25) is 0 Å². The second-order valence-corrected chi connectivity index (χ2v) is 4.97. The number of allylic oxidation sites excluding steroid dienone is 1. The van der Waals surface area contributed by atoms with Crippen LogP contribution in [0.25, 0.3) is 6.08 Å². The van der Waals surface area contributed by atoms with Gasteiger partial charge in [0.2, 0.25) is 11.7 Å². The highest BCUT2D eigenvalue weighted by atomic mass is 16.6. The summed E-state index contributed by atoms with van der Waals surface area (Å²) in [5.74, 6) is -0.468. The van der Waals surface area contributed by atoms with Crippen molar-refractivity contribution in [3.05, 3.63) is 75.6 Å². The number of benzene rings is 1. The number of carbonyl (C=O) groups excluding carboxylic acids is 2. The number of pyridine rings is 1. The zero-order valence-electron chi connectivity index (χ0n) is 12.9. The monoisotopic (exact) mass is 325 g/mol. The Bertz CT molecular complexity index is 798. The Morgan fingerprint density at radius 1 is 1.21 bits per heavy atom. The molecular formula is C17H15N3O4.